The topological polar surface area (TPSA) is 52.4 Å². The van der Waals surface area contributed by atoms with E-state index < -0.39 is 0 Å². The van der Waals surface area contributed by atoms with Crippen LogP contribution in [0.2, 0.25) is 0 Å². The molecule has 24 heavy (non-hydrogen) atoms. The first-order chi connectivity index (χ1) is 11.7. The molecule has 126 valence electrons. The lowest BCUT2D eigenvalue weighted by Crippen LogP contribution is -2.30. The van der Waals surface area contributed by atoms with E-state index in [2.05, 4.69) is 27.2 Å². The third-order valence-corrected chi connectivity index (χ3v) is 4.84. The van der Waals surface area contributed by atoms with Gasteiger partial charge in [0.2, 0.25) is 0 Å². The lowest BCUT2D eigenvalue weighted by atomic mass is 10.1. The van der Waals surface area contributed by atoms with Crippen molar-refractivity contribution in [1.29, 1.82) is 0 Å². The van der Waals surface area contributed by atoms with Gasteiger partial charge in [0, 0.05) is 32.8 Å². The zero-order valence-corrected chi connectivity index (χ0v) is 14.1. The molecule has 1 fully saturated rings. The molecule has 6 heteroatoms. The fourth-order valence-corrected chi connectivity index (χ4v) is 3.58. The molecule has 4 rings (SSSR count). The molecule has 6 nitrogen and oxygen atoms in total. The number of para-hydroxylation sites is 1. The SMILES string of the molecule is CO[C@@H]1C[C@@H](c2nncn2C)N(CC2=Cc3ccccc3OC2)C1. The van der Waals surface area contributed by atoms with Crippen molar-refractivity contribution in [2.24, 2.45) is 7.05 Å². The Kier molecular flexibility index (Phi) is 4.08. The van der Waals surface area contributed by atoms with Crippen LogP contribution in [0.3, 0.4) is 0 Å². The number of likely N-dealkylation sites (tertiary alicyclic amines) is 1. The van der Waals surface area contributed by atoms with Crippen LogP contribution in [-0.2, 0) is 11.8 Å². The Hall–Kier alpha value is -2.18. The van der Waals surface area contributed by atoms with Crippen LogP contribution in [0.1, 0.15) is 23.9 Å². The van der Waals surface area contributed by atoms with Crippen LogP contribution in [-0.4, -0.2) is 52.6 Å². The number of aryl methyl sites for hydroxylation is 1. The summed E-state index contributed by atoms with van der Waals surface area (Å²) in [4.78, 5) is 2.42. The highest BCUT2D eigenvalue weighted by molar-refractivity contribution is 5.62. The summed E-state index contributed by atoms with van der Waals surface area (Å²) >= 11 is 0. The highest BCUT2D eigenvalue weighted by Crippen LogP contribution is 2.34. The Morgan fingerprint density at radius 2 is 2.21 bits per heavy atom. The molecule has 3 heterocycles. The normalized spacial score (nSPS) is 23.7. The number of hydrogen-bond donors (Lipinski definition) is 0. The smallest absolute Gasteiger partial charge is 0.150 e. The second kappa shape index (κ2) is 6.37. The summed E-state index contributed by atoms with van der Waals surface area (Å²) in [6.07, 6.45) is 5.16. The Bertz CT molecular complexity index is 755. The average Bonchev–Trinajstić information content (AvgIpc) is 3.20. The number of benzene rings is 1. The Balaban J connectivity index is 1.56. The lowest BCUT2D eigenvalue weighted by Gasteiger charge is -2.26. The fraction of sp³-hybridized carbons (Fsp3) is 0.444. The molecular weight excluding hydrogens is 304 g/mol. The van der Waals surface area contributed by atoms with Crippen molar-refractivity contribution >= 4 is 6.08 Å². The van der Waals surface area contributed by atoms with Crippen molar-refractivity contribution in [2.75, 3.05) is 26.8 Å². The van der Waals surface area contributed by atoms with E-state index in [-0.39, 0.29) is 12.1 Å². The third kappa shape index (κ3) is 2.83. The number of nitrogens with zero attached hydrogens (tertiary/aromatic N) is 4. The summed E-state index contributed by atoms with van der Waals surface area (Å²) in [7, 11) is 3.77. The maximum Gasteiger partial charge on any atom is 0.150 e. The maximum absolute atomic E-state index is 5.89. The van der Waals surface area contributed by atoms with Gasteiger partial charge in [-0.1, -0.05) is 18.2 Å². The first-order valence-electron chi connectivity index (χ1n) is 8.26. The summed E-state index contributed by atoms with van der Waals surface area (Å²) in [5, 5.41) is 8.35. The van der Waals surface area contributed by atoms with Crippen LogP contribution in [0.5, 0.6) is 5.75 Å². The number of aromatic nitrogens is 3. The van der Waals surface area contributed by atoms with Crippen LogP contribution in [0.4, 0.5) is 0 Å². The molecule has 1 saturated heterocycles. The average molecular weight is 326 g/mol. The van der Waals surface area contributed by atoms with Crippen LogP contribution >= 0.6 is 0 Å². The van der Waals surface area contributed by atoms with Gasteiger partial charge in [-0.15, -0.1) is 10.2 Å². The van der Waals surface area contributed by atoms with E-state index in [0.717, 1.165) is 36.6 Å². The lowest BCUT2D eigenvalue weighted by molar-refractivity contribution is 0.109. The predicted molar refractivity (Wildman–Crippen MR) is 90.6 cm³/mol. The van der Waals surface area contributed by atoms with E-state index in [4.69, 9.17) is 9.47 Å². The summed E-state index contributed by atoms with van der Waals surface area (Å²) in [6, 6.07) is 8.38. The molecule has 0 aliphatic carbocycles. The zero-order chi connectivity index (χ0) is 16.5. The van der Waals surface area contributed by atoms with Crippen molar-refractivity contribution in [3.8, 4) is 5.75 Å². The zero-order valence-electron chi connectivity index (χ0n) is 14.1. The molecule has 0 N–H and O–H groups in total. The minimum atomic E-state index is 0.223. The van der Waals surface area contributed by atoms with E-state index in [1.807, 2.05) is 29.8 Å². The summed E-state index contributed by atoms with van der Waals surface area (Å²) < 4.78 is 13.5. The monoisotopic (exact) mass is 326 g/mol. The molecule has 0 bridgehead atoms. The van der Waals surface area contributed by atoms with Gasteiger partial charge in [0.15, 0.2) is 0 Å². The van der Waals surface area contributed by atoms with Gasteiger partial charge in [-0.05, 0) is 24.1 Å². The van der Waals surface area contributed by atoms with Crippen LogP contribution in [0.15, 0.2) is 36.2 Å². The molecule has 0 radical (unpaired) electrons. The summed E-state index contributed by atoms with van der Waals surface area (Å²) in [5.41, 5.74) is 2.43. The van der Waals surface area contributed by atoms with Gasteiger partial charge in [-0.25, -0.2) is 0 Å². The van der Waals surface area contributed by atoms with Gasteiger partial charge < -0.3 is 14.0 Å². The Morgan fingerprint density at radius 3 is 3.00 bits per heavy atom. The third-order valence-electron chi connectivity index (χ3n) is 4.84. The molecule has 1 aromatic heterocycles. The molecule has 2 atom stereocenters. The maximum atomic E-state index is 5.89. The molecule has 0 spiro atoms. The second-order valence-electron chi connectivity index (χ2n) is 6.47. The van der Waals surface area contributed by atoms with Crippen molar-refractivity contribution in [3.63, 3.8) is 0 Å². The number of rotatable bonds is 4. The number of hydrogen-bond acceptors (Lipinski definition) is 5. The number of methoxy groups -OCH3 is 1. The minimum Gasteiger partial charge on any atom is -0.489 e. The predicted octanol–water partition coefficient (Wildman–Crippen LogP) is 2.05. The van der Waals surface area contributed by atoms with Gasteiger partial charge in [-0.3, -0.25) is 4.90 Å². The molecule has 1 aromatic carbocycles. The van der Waals surface area contributed by atoms with Gasteiger partial charge in [0.05, 0.1) is 12.1 Å². The minimum absolute atomic E-state index is 0.223. The second-order valence-corrected chi connectivity index (χ2v) is 6.47. The van der Waals surface area contributed by atoms with E-state index in [1.54, 1.807) is 13.4 Å². The fourth-order valence-electron chi connectivity index (χ4n) is 3.58. The molecule has 2 aliphatic rings. The van der Waals surface area contributed by atoms with Crippen molar-refractivity contribution in [1.82, 2.24) is 19.7 Å². The van der Waals surface area contributed by atoms with Gasteiger partial charge >= 0.3 is 0 Å². The van der Waals surface area contributed by atoms with Crippen LogP contribution in [0.25, 0.3) is 6.08 Å². The highest BCUT2D eigenvalue weighted by atomic mass is 16.5. The van der Waals surface area contributed by atoms with Crippen molar-refractivity contribution in [2.45, 2.75) is 18.6 Å². The largest absolute Gasteiger partial charge is 0.489 e. The van der Waals surface area contributed by atoms with Crippen LogP contribution in [0, 0.1) is 0 Å². The summed E-state index contributed by atoms with van der Waals surface area (Å²) in [5.74, 6) is 1.95. The molecular formula is C18H22N4O2. The molecule has 0 saturated carbocycles. The van der Waals surface area contributed by atoms with Gasteiger partial charge in [0.25, 0.3) is 0 Å². The van der Waals surface area contributed by atoms with Gasteiger partial charge in [-0.2, -0.15) is 0 Å². The van der Waals surface area contributed by atoms with Crippen molar-refractivity contribution in [3.05, 3.63) is 47.6 Å². The van der Waals surface area contributed by atoms with Crippen molar-refractivity contribution < 1.29 is 9.47 Å². The van der Waals surface area contributed by atoms with Gasteiger partial charge in [0.1, 0.15) is 24.5 Å². The molecule has 2 aromatic rings. The Morgan fingerprint density at radius 1 is 1.33 bits per heavy atom. The first kappa shape index (κ1) is 15.4. The number of fused-ring (bicyclic) bond motifs is 1. The highest BCUT2D eigenvalue weighted by Gasteiger charge is 2.36. The number of ether oxygens (including phenoxy) is 2. The standard InChI is InChI=1S/C18H22N4O2/c1-21-12-19-20-18(21)16-8-15(23-2)10-22(16)9-13-7-14-5-3-4-6-17(14)24-11-13/h3-7,12,15-16H,8-11H2,1-2H3/t15-,16+/m1/s1. The Labute approximate surface area is 141 Å². The quantitative estimate of drug-likeness (QED) is 0.861. The van der Waals surface area contributed by atoms with E-state index in [0.29, 0.717) is 6.61 Å². The molecule has 2 aliphatic heterocycles. The molecule has 0 amide bonds. The summed E-state index contributed by atoms with van der Waals surface area (Å²) in [6.45, 7) is 2.38. The van der Waals surface area contributed by atoms with E-state index in [1.165, 1.54) is 5.57 Å². The van der Waals surface area contributed by atoms with Crippen LogP contribution < -0.4 is 4.74 Å². The van der Waals surface area contributed by atoms with E-state index in [9.17, 15) is 0 Å². The first-order valence-corrected chi connectivity index (χ1v) is 8.26. The van der Waals surface area contributed by atoms with E-state index >= 15 is 0 Å². The molecule has 0 unspecified atom stereocenters.